The zero-order valence-electron chi connectivity index (χ0n) is 19.7. The van der Waals surface area contributed by atoms with Crippen LogP contribution in [0, 0.1) is 0 Å². The van der Waals surface area contributed by atoms with Crippen LogP contribution < -0.4 is 5.32 Å². The number of nitrogens with one attached hydrogen (secondary N) is 1. The maximum absolute atomic E-state index is 11.3. The minimum absolute atomic E-state index is 0.0421. The molecule has 0 saturated carbocycles. The summed E-state index contributed by atoms with van der Waals surface area (Å²) in [5, 5.41) is 30.5. The van der Waals surface area contributed by atoms with Gasteiger partial charge < -0.3 is 20.6 Å². The lowest BCUT2D eigenvalue weighted by molar-refractivity contribution is -0.140. The standard InChI is InChI=1S/C25H39NO6S/c1-3-4-5-6-7-8-9-10-11-12-13-14-17-23(22(28)16-15-18-24(29)30)33-19-21(25(31)32)26-20(2)27/h7-8,10-14,17,21-23,28H,3-6,9,15-16,18-19H2,1-2H3,(H,26,27)(H,29,30)(H,31,32)/b8-7-,11-10-,13-12+,17-14+/t21-,22+,23+/m0/s1. The van der Waals surface area contributed by atoms with Gasteiger partial charge in [0.15, 0.2) is 0 Å². The Morgan fingerprint density at radius 3 is 2.33 bits per heavy atom. The number of unbranched alkanes of at least 4 members (excludes halogenated alkanes) is 3. The van der Waals surface area contributed by atoms with Crippen LogP contribution in [0.15, 0.2) is 48.6 Å². The molecule has 8 heteroatoms. The molecule has 0 unspecified atom stereocenters. The minimum atomic E-state index is -1.15. The third-order valence-corrected chi connectivity index (χ3v) is 5.97. The predicted molar refractivity (Wildman–Crippen MR) is 134 cm³/mol. The molecule has 0 aliphatic heterocycles. The van der Waals surface area contributed by atoms with Gasteiger partial charge in [-0.15, -0.1) is 11.8 Å². The molecule has 0 aromatic carbocycles. The van der Waals surface area contributed by atoms with Crippen LogP contribution in [-0.4, -0.2) is 56.3 Å². The monoisotopic (exact) mass is 481 g/mol. The third-order valence-electron chi connectivity index (χ3n) is 4.58. The van der Waals surface area contributed by atoms with E-state index in [1.807, 2.05) is 24.3 Å². The summed E-state index contributed by atoms with van der Waals surface area (Å²) in [6.07, 6.45) is 20.9. The van der Waals surface area contributed by atoms with E-state index in [1.165, 1.54) is 37.9 Å². The molecule has 0 radical (unpaired) electrons. The Balaban J connectivity index is 4.78. The Bertz CT molecular complexity index is 686. The molecule has 33 heavy (non-hydrogen) atoms. The van der Waals surface area contributed by atoms with Crippen molar-refractivity contribution in [1.29, 1.82) is 0 Å². The van der Waals surface area contributed by atoms with Crippen LogP contribution in [0.4, 0.5) is 0 Å². The fraction of sp³-hybridized carbons (Fsp3) is 0.560. The maximum atomic E-state index is 11.3. The molecule has 186 valence electrons. The number of thioether (sulfide) groups is 1. The molecule has 3 atom stereocenters. The van der Waals surface area contributed by atoms with Gasteiger partial charge in [0, 0.05) is 24.3 Å². The molecule has 0 heterocycles. The molecule has 0 aromatic rings. The molecule has 0 aromatic heterocycles. The van der Waals surface area contributed by atoms with Crippen LogP contribution in [0.2, 0.25) is 0 Å². The van der Waals surface area contributed by atoms with E-state index in [9.17, 15) is 24.6 Å². The van der Waals surface area contributed by atoms with Gasteiger partial charge in [0.2, 0.25) is 5.91 Å². The summed E-state index contributed by atoms with van der Waals surface area (Å²) in [4.78, 5) is 33.3. The van der Waals surface area contributed by atoms with E-state index in [2.05, 4.69) is 24.4 Å². The van der Waals surface area contributed by atoms with Crippen LogP contribution in [0.5, 0.6) is 0 Å². The number of carboxylic acids is 2. The number of allylic oxidation sites excluding steroid dienone is 7. The van der Waals surface area contributed by atoms with Crippen LogP contribution in [0.3, 0.4) is 0 Å². The molecule has 7 nitrogen and oxygen atoms in total. The van der Waals surface area contributed by atoms with Gasteiger partial charge in [-0.05, 0) is 32.1 Å². The molecular formula is C25H39NO6S. The average Bonchev–Trinajstić information content (AvgIpc) is 2.74. The lowest BCUT2D eigenvalue weighted by Crippen LogP contribution is -2.42. The topological polar surface area (TPSA) is 124 Å². The van der Waals surface area contributed by atoms with Gasteiger partial charge in [-0.2, -0.15) is 0 Å². The van der Waals surface area contributed by atoms with Crippen molar-refractivity contribution in [2.75, 3.05) is 5.75 Å². The van der Waals surface area contributed by atoms with E-state index in [0.717, 1.165) is 12.8 Å². The number of aliphatic hydroxyl groups excluding tert-OH is 1. The number of amides is 1. The molecule has 0 aliphatic carbocycles. The highest BCUT2D eigenvalue weighted by atomic mass is 32.2. The van der Waals surface area contributed by atoms with Gasteiger partial charge >= 0.3 is 11.9 Å². The second-order valence-corrected chi connectivity index (χ2v) is 8.85. The van der Waals surface area contributed by atoms with Crippen molar-refractivity contribution in [3.63, 3.8) is 0 Å². The van der Waals surface area contributed by atoms with Crippen LogP contribution in [-0.2, 0) is 14.4 Å². The van der Waals surface area contributed by atoms with E-state index >= 15 is 0 Å². The Labute approximate surface area is 201 Å². The zero-order valence-corrected chi connectivity index (χ0v) is 20.5. The molecule has 4 N–H and O–H groups in total. The van der Waals surface area contributed by atoms with E-state index in [1.54, 1.807) is 12.2 Å². The Morgan fingerprint density at radius 2 is 1.70 bits per heavy atom. The fourth-order valence-corrected chi connectivity index (χ4v) is 4.01. The summed E-state index contributed by atoms with van der Waals surface area (Å²) in [5.74, 6) is -2.44. The van der Waals surface area contributed by atoms with Gasteiger partial charge in [-0.3, -0.25) is 9.59 Å². The van der Waals surface area contributed by atoms with Crippen LogP contribution >= 0.6 is 11.8 Å². The number of hydrogen-bond acceptors (Lipinski definition) is 5. The van der Waals surface area contributed by atoms with E-state index < -0.39 is 35.2 Å². The first kappa shape index (κ1) is 30.7. The lowest BCUT2D eigenvalue weighted by Gasteiger charge is -2.21. The Morgan fingerprint density at radius 1 is 0.970 bits per heavy atom. The van der Waals surface area contributed by atoms with Gasteiger partial charge in [0.1, 0.15) is 6.04 Å². The number of aliphatic carboxylic acids is 2. The molecule has 0 rings (SSSR count). The first-order valence-electron chi connectivity index (χ1n) is 11.4. The van der Waals surface area contributed by atoms with Crippen molar-refractivity contribution >= 4 is 29.6 Å². The van der Waals surface area contributed by atoms with Crippen molar-refractivity contribution < 1.29 is 29.7 Å². The predicted octanol–water partition coefficient (Wildman–Crippen LogP) is 4.49. The normalized spacial score (nSPS) is 14.9. The SMILES string of the molecule is CCCCC/C=C\C\C=C/C=C/C=C/[C@@H](SC[C@H](NC(C)=O)C(=O)O)[C@H](O)CCCC(=O)O. The minimum Gasteiger partial charge on any atom is -0.481 e. The zero-order chi connectivity index (χ0) is 24.9. The number of carbonyl (C=O) groups is 3. The number of carboxylic acid groups (broad SMARTS) is 2. The van der Waals surface area contributed by atoms with Crippen molar-refractivity contribution in [2.24, 2.45) is 0 Å². The van der Waals surface area contributed by atoms with Crippen molar-refractivity contribution in [2.45, 2.75) is 82.6 Å². The summed E-state index contributed by atoms with van der Waals surface area (Å²) in [6, 6.07) is -1.07. The number of hydrogen-bond donors (Lipinski definition) is 4. The molecule has 0 saturated heterocycles. The van der Waals surface area contributed by atoms with E-state index in [4.69, 9.17) is 5.11 Å². The van der Waals surface area contributed by atoms with Gasteiger partial charge in [0.05, 0.1) is 6.10 Å². The van der Waals surface area contributed by atoms with E-state index in [-0.39, 0.29) is 18.6 Å². The smallest absolute Gasteiger partial charge is 0.327 e. The Hall–Kier alpha value is -2.32. The first-order chi connectivity index (χ1) is 15.8. The highest BCUT2D eigenvalue weighted by Crippen LogP contribution is 2.21. The van der Waals surface area contributed by atoms with E-state index in [0.29, 0.717) is 6.42 Å². The quantitative estimate of drug-likeness (QED) is 0.122. The number of carbonyl (C=O) groups excluding carboxylic acids is 1. The maximum Gasteiger partial charge on any atom is 0.327 e. The molecule has 0 aliphatic rings. The highest BCUT2D eigenvalue weighted by Gasteiger charge is 2.23. The second kappa shape index (κ2) is 20.3. The molecule has 1 amide bonds. The van der Waals surface area contributed by atoms with Crippen LogP contribution in [0.1, 0.15) is 65.2 Å². The summed E-state index contributed by atoms with van der Waals surface area (Å²) in [6.45, 7) is 3.44. The van der Waals surface area contributed by atoms with Crippen molar-refractivity contribution in [1.82, 2.24) is 5.32 Å². The molecule has 0 spiro atoms. The number of aliphatic hydroxyl groups is 1. The number of rotatable bonds is 19. The molecule has 0 bridgehead atoms. The third kappa shape index (κ3) is 18.9. The summed E-state index contributed by atoms with van der Waals surface area (Å²) >= 11 is 1.21. The highest BCUT2D eigenvalue weighted by molar-refractivity contribution is 8.00. The summed E-state index contributed by atoms with van der Waals surface area (Å²) in [5.41, 5.74) is 0. The van der Waals surface area contributed by atoms with Crippen LogP contribution in [0.25, 0.3) is 0 Å². The lowest BCUT2D eigenvalue weighted by atomic mass is 10.1. The summed E-state index contributed by atoms with van der Waals surface area (Å²) in [7, 11) is 0. The molecular weight excluding hydrogens is 442 g/mol. The van der Waals surface area contributed by atoms with Gasteiger partial charge in [-0.1, -0.05) is 68.4 Å². The van der Waals surface area contributed by atoms with Crippen molar-refractivity contribution in [3.05, 3.63) is 48.6 Å². The van der Waals surface area contributed by atoms with Gasteiger partial charge in [-0.25, -0.2) is 4.79 Å². The second-order valence-electron chi connectivity index (χ2n) is 7.64. The van der Waals surface area contributed by atoms with Crippen molar-refractivity contribution in [3.8, 4) is 0 Å². The largest absolute Gasteiger partial charge is 0.481 e. The summed E-state index contributed by atoms with van der Waals surface area (Å²) < 4.78 is 0. The van der Waals surface area contributed by atoms with Gasteiger partial charge in [0.25, 0.3) is 0 Å². The molecule has 0 fully saturated rings. The average molecular weight is 482 g/mol. The Kier molecular flexibility index (Phi) is 18.9. The fourth-order valence-electron chi connectivity index (χ4n) is 2.81. The first-order valence-corrected chi connectivity index (χ1v) is 12.5.